The standard InChI is InChI=1S/C13H20N4O3S/c14-13-12-10(16-21(18,19)17-13)5-3-6-11(12)20-8-9-4-1-2-7-15-9/h3,5-6,9,15-16,18-19H,1-2,4,7-8H2,(H2,14,17)/t9-/m1/s1. The van der Waals surface area contributed by atoms with Gasteiger partial charge in [0.2, 0.25) is 0 Å². The summed E-state index contributed by atoms with van der Waals surface area (Å²) in [5, 5.41) is 3.42. The molecule has 2 heterocycles. The zero-order valence-electron chi connectivity index (χ0n) is 11.6. The van der Waals surface area contributed by atoms with Crippen molar-refractivity contribution in [3.05, 3.63) is 23.8 Å². The SMILES string of the molecule is NC1=NS(O)(O)Nc2cccc(OC[C@H]3CCCCN3)c21. The minimum Gasteiger partial charge on any atom is -0.491 e. The van der Waals surface area contributed by atoms with Gasteiger partial charge in [0.15, 0.2) is 5.84 Å². The average molecular weight is 312 g/mol. The van der Waals surface area contributed by atoms with Crippen molar-refractivity contribution < 1.29 is 13.8 Å². The third kappa shape index (κ3) is 3.24. The number of anilines is 1. The Morgan fingerprint density at radius 2 is 2.24 bits per heavy atom. The van der Waals surface area contributed by atoms with Gasteiger partial charge in [-0.15, -0.1) is 4.40 Å². The van der Waals surface area contributed by atoms with Crippen LogP contribution in [0.25, 0.3) is 0 Å². The van der Waals surface area contributed by atoms with Crippen molar-refractivity contribution in [2.45, 2.75) is 25.3 Å². The Morgan fingerprint density at radius 3 is 3.00 bits per heavy atom. The molecule has 7 nitrogen and oxygen atoms in total. The van der Waals surface area contributed by atoms with E-state index < -0.39 is 11.0 Å². The molecule has 2 aliphatic rings. The number of benzene rings is 1. The predicted molar refractivity (Wildman–Crippen MR) is 84.8 cm³/mol. The number of rotatable bonds is 3. The van der Waals surface area contributed by atoms with Crippen LogP contribution in [-0.4, -0.2) is 34.1 Å². The lowest BCUT2D eigenvalue weighted by Crippen LogP contribution is -2.38. The average Bonchev–Trinajstić information content (AvgIpc) is 2.44. The molecule has 1 aromatic carbocycles. The highest BCUT2D eigenvalue weighted by Gasteiger charge is 2.25. The minimum atomic E-state index is -3.25. The molecule has 1 fully saturated rings. The van der Waals surface area contributed by atoms with E-state index in [-0.39, 0.29) is 5.84 Å². The maximum atomic E-state index is 9.63. The number of fused-ring (bicyclic) bond motifs is 1. The van der Waals surface area contributed by atoms with Crippen molar-refractivity contribution in [1.82, 2.24) is 5.32 Å². The smallest absolute Gasteiger partial charge is 0.158 e. The summed E-state index contributed by atoms with van der Waals surface area (Å²) in [5.74, 6) is 0.680. The quantitative estimate of drug-likeness (QED) is 0.583. The van der Waals surface area contributed by atoms with Crippen molar-refractivity contribution >= 4 is 22.5 Å². The molecule has 0 spiro atoms. The number of nitrogens with two attached hydrogens (primary N) is 1. The van der Waals surface area contributed by atoms with Crippen LogP contribution in [0.3, 0.4) is 0 Å². The van der Waals surface area contributed by atoms with E-state index in [1.165, 1.54) is 12.8 Å². The van der Waals surface area contributed by atoms with Crippen LogP contribution in [0.2, 0.25) is 0 Å². The lowest BCUT2D eigenvalue weighted by Gasteiger charge is -2.33. The van der Waals surface area contributed by atoms with Crippen molar-refractivity contribution in [2.24, 2.45) is 10.1 Å². The van der Waals surface area contributed by atoms with E-state index in [1.807, 2.05) is 6.07 Å². The molecule has 0 bridgehead atoms. The molecule has 21 heavy (non-hydrogen) atoms. The number of amidine groups is 1. The summed E-state index contributed by atoms with van der Waals surface area (Å²) in [5.41, 5.74) is 6.95. The molecule has 1 atom stereocenters. The van der Waals surface area contributed by atoms with Gasteiger partial charge in [-0.1, -0.05) is 12.5 Å². The van der Waals surface area contributed by atoms with Gasteiger partial charge in [-0.3, -0.25) is 13.8 Å². The molecule has 0 amide bonds. The van der Waals surface area contributed by atoms with Gasteiger partial charge in [-0.2, -0.15) is 0 Å². The maximum absolute atomic E-state index is 9.63. The summed E-state index contributed by atoms with van der Waals surface area (Å²) in [6.45, 7) is 1.58. The summed E-state index contributed by atoms with van der Waals surface area (Å²) in [4.78, 5) is 0. The Bertz CT molecular complexity index is 558. The highest BCUT2D eigenvalue weighted by Crippen LogP contribution is 2.46. The van der Waals surface area contributed by atoms with Gasteiger partial charge in [0, 0.05) is 6.04 Å². The number of nitrogens with zero attached hydrogens (tertiary/aromatic N) is 1. The molecule has 3 rings (SSSR count). The topological polar surface area (TPSA) is 112 Å². The van der Waals surface area contributed by atoms with Crippen LogP contribution in [0.5, 0.6) is 5.75 Å². The summed E-state index contributed by atoms with van der Waals surface area (Å²) >= 11 is 0. The van der Waals surface area contributed by atoms with Crippen molar-refractivity contribution in [3.8, 4) is 5.75 Å². The van der Waals surface area contributed by atoms with Crippen molar-refractivity contribution in [2.75, 3.05) is 17.9 Å². The lowest BCUT2D eigenvalue weighted by molar-refractivity contribution is 0.239. The summed E-state index contributed by atoms with van der Waals surface area (Å²) < 4.78 is 31.4. The minimum absolute atomic E-state index is 0.0796. The molecule has 0 unspecified atom stereocenters. The van der Waals surface area contributed by atoms with Gasteiger partial charge in [-0.05, 0) is 42.5 Å². The fourth-order valence-electron chi connectivity index (χ4n) is 2.61. The zero-order chi connectivity index (χ0) is 14.9. The lowest BCUT2D eigenvalue weighted by atomic mass is 10.1. The number of ether oxygens (including phenoxy) is 1. The second kappa shape index (κ2) is 5.72. The Hall–Kier alpha value is -1.48. The number of hydrogen-bond acceptors (Lipinski definition) is 7. The molecule has 2 aliphatic heterocycles. The summed E-state index contributed by atoms with van der Waals surface area (Å²) in [7, 11) is -3.25. The molecular weight excluding hydrogens is 292 g/mol. The number of hydrogen-bond donors (Lipinski definition) is 5. The number of piperidine rings is 1. The first kappa shape index (κ1) is 14.5. The van der Waals surface area contributed by atoms with E-state index in [9.17, 15) is 9.11 Å². The first-order chi connectivity index (χ1) is 10.1. The molecule has 0 saturated carbocycles. The fourth-order valence-corrected chi connectivity index (χ4v) is 3.49. The summed E-state index contributed by atoms with van der Waals surface area (Å²) in [6, 6.07) is 5.65. The van der Waals surface area contributed by atoms with Gasteiger partial charge >= 0.3 is 0 Å². The van der Waals surface area contributed by atoms with Crippen LogP contribution in [0, 0.1) is 0 Å². The maximum Gasteiger partial charge on any atom is 0.158 e. The molecule has 116 valence electrons. The van der Waals surface area contributed by atoms with E-state index in [4.69, 9.17) is 10.5 Å². The molecular formula is C13H20N4O3S. The molecule has 8 heteroatoms. The molecule has 1 saturated heterocycles. The highest BCUT2D eigenvalue weighted by atomic mass is 32.3. The monoisotopic (exact) mass is 312 g/mol. The van der Waals surface area contributed by atoms with E-state index in [1.54, 1.807) is 12.1 Å². The molecule has 0 aliphatic carbocycles. The largest absolute Gasteiger partial charge is 0.491 e. The Morgan fingerprint density at radius 1 is 1.38 bits per heavy atom. The van der Waals surface area contributed by atoms with Crippen LogP contribution < -0.4 is 20.5 Å². The van der Waals surface area contributed by atoms with Gasteiger partial charge in [-0.25, -0.2) is 0 Å². The Labute approximate surface area is 125 Å². The van der Waals surface area contributed by atoms with Gasteiger partial charge in [0.1, 0.15) is 12.4 Å². The van der Waals surface area contributed by atoms with Gasteiger partial charge < -0.3 is 15.8 Å². The second-order valence-electron chi connectivity index (χ2n) is 5.23. The van der Waals surface area contributed by atoms with E-state index in [0.717, 1.165) is 13.0 Å². The van der Waals surface area contributed by atoms with Gasteiger partial charge in [0.05, 0.1) is 11.3 Å². The molecule has 6 N–H and O–H groups in total. The molecule has 0 aromatic heterocycles. The predicted octanol–water partition coefficient (Wildman–Crippen LogP) is 1.92. The van der Waals surface area contributed by atoms with Crippen LogP contribution >= 0.6 is 11.0 Å². The van der Waals surface area contributed by atoms with E-state index in [0.29, 0.717) is 29.6 Å². The molecule has 0 radical (unpaired) electrons. The Kier molecular flexibility index (Phi) is 3.94. The molecule has 1 aromatic rings. The normalized spacial score (nSPS) is 25.2. The van der Waals surface area contributed by atoms with Crippen molar-refractivity contribution in [3.63, 3.8) is 0 Å². The van der Waals surface area contributed by atoms with Crippen LogP contribution in [0.4, 0.5) is 5.69 Å². The van der Waals surface area contributed by atoms with Crippen LogP contribution in [-0.2, 0) is 0 Å². The highest BCUT2D eigenvalue weighted by molar-refractivity contribution is 8.24. The first-order valence-electron chi connectivity index (χ1n) is 6.96. The third-order valence-corrected chi connectivity index (χ3v) is 4.55. The number of nitrogens with one attached hydrogen (secondary N) is 2. The second-order valence-corrected chi connectivity index (χ2v) is 6.66. The van der Waals surface area contributed by atoms with Crippen LogP contribution in [0.1, 0.15) is 24.8 Å². The van der Waals surface area contributed by atoms with Gasteiger partial charge in [0.25, 0.3) is 0 Å². The van der Waals surface area contributed by atoms with Crippen LogP contribution in [0.15, 0.2) is 22.6 Å². The van der Waals surface area contributed by atoms with E-state index >= 15 is 0 Å². The zero-order valence-corrected chi connectivity index (χ0v) is 12.4. The van der Waals surface area contributed by atoms with Crippen molar-refractivity contribution in [1.29, 1.82) is 0 Å². The summed E-state index contributed by atoms with van der Waals surface area (Å²) in [6.07, 6.45) is 3.51. The third-order valence-electron chi connectivity index (χ3n) is 3.61. The van der Waals surface area contributed by atoms with E-state index in [2.05, 4.69) is 14.4 Å². The Balaban J connectivity index is 1.78. The first-order valence-corrected chi connectivity index (χ1v) is 8.46. The fraction of sp³-hybridized carbons (Fsp3) is 0.462.